The molecule has 0 spiro atoms. The fourth-order valence-electron chi connectivity index (χ4n) is 3.36. The summed E-state index contributed by atoms with van der Waals surface area (Å²) in [6.45, 7) is 3.72. The molecule has 1 fully saturated rings. The maximum atomic E-state index is 13.5. The topological polar surface area (TPSA) is 58.2 Å². The van der Waals surface area contributed by atoms with Gasteiger partial charge in [-0.3, -0.25) is 4.79 Å². The van der Waals surface area contributed by atoms with Gasteiger partial charge in [0.25, 0.3) is 5.56 Å². The average Bonchev–Trinajstić information content (AvgIpc) is 2.68. The van der Waals surface area contributed by atoms with Crippen LogP contribution in [0.25, 0.3) is 22.3 Å². The standard InChI is InChI=1S/C20H18F3N3O2/c1-12-3-2-4-16-17(12)24-18(25-19(16)27)13-9-14(20(21,22)23)11-15(10-13)26-5-7-28-8-6-26/h2-4,9-11H,5-8H2,1H3,(H,24,25,27). The van der Waals surface area contributed by atoms with Gasteiger partial charge in [-0.1, -0.05) is 12.1 Å². The number of fused-ring (bicyclic) bond motifs is 1. The van der Waals surface area contributed by atoms with Crippen LogP contribution in [0.5, 0.6) is 0 Å². The van der Waals surface area contributed by atoms with Crippen molar-refractivity contribution in [2.24, 2.45) is 0 Å². The van der Waals surface area contributed by atoms with Crippen molar-refractivity contribution in [1.29, 1.82) is 0 Å². The van der Waals surface area contributed by atoms with E-state index in [4.69, 9.17) is 4.74 Å². The van der Waals surface area contributed by atoms with Crippen LogP contribution in [0.2, 0.25) is 0 Å². The molecule has 0 unspecified atom stereocenters. The minimum absolute atomic E-state index is 0.118. The number of rotatable bonds is 2. The first-order chi connectivity index (χ1) is 13.3. The van der Waals surface area contributed by atoms with Crippen molar-refractivity contribution >= 4 is 16.6 Å². The molecular formula is C20H18F3N3O2. The number of para-hydroxylation sites is 1. The van der Waals surface area contributed by atoms with Gasteiger partial charge in [0.1, 0.15) is 5.82 Å². The molecule has 146 valence electrons. The smallest absolute Gasteiger partial charge is 0.378 e. The third kappa shape index (κ3) is 3.47. The number of alkyl halides is 3. The summed E-state index contributed by atoms with van der Waals surface area (Å²) in [5.74, 6) is 0.118. The van der Waals surface area contributed by atoms with Crippen LogP contribution in [0.15, 0.2) is 41.2 Å². The Kier molecular flexibility index (Phi) is 4.58. The molecule has 2 aromatic carbocycles. The number of nitrogens with one attached hydrogen (secondary N) is 1. The number of H-pyrrole nitrogens is 1. The Hall–Kier alpha value is -2.87. The van der Waals surface area contributed by atoms with E-state index in [1.807, 2.05) is 17.9 Å². The molecule has 1 aromatic heterocycles. The molecule has 4 rings (SSSR count). The highest BCUT2D eigenvalue weighted by molar-refractivity contribution is 5.82. The van der Waals surface area contributed by atoms with Crippen LogP contribution in [0.3, 0.4) is 0 Å². The molecule has 0 saturated carbocycles. The highest BCUT2D eigenvalue weighted by Gasteiger charge is 2.32. The number of anilines is 1. The van der Waals surface area contributed by atoms with Gasteiger partial charge in [0.15, 0.2) is 0 Å². The summed E-state index contributed by atoms with van der Waals surface area (Å²) < 4.78 is 45.8. The van der Waals surface area contributed by atoms with Crippen LogP contribution in [0.4, 0.5) is 18.9 Å². The van der Waals surface area contributed by atoms with Gasteiger partial charge in [-0.05, 0) is 36.8 Å². The summed E-state index contributed by atoms with van der Waals surface area (Å²) in [4.78, 5) is 21.4. The molecule has 1 N–H and O–H groups in total. The molecule has 1 aliphatic rings. The van der Waals surface area contributed by atoms with E-state index in [0.717, 1.165) is 17.7 Å². The van der Waals surface area contributed by atoms with Crippen LogP contribution >= 0.6 is 0 Å². The van der Waals surface area contributed by atoms with Crippen LogP contribution < -0.4 is 10.5 Å². The van der Waals surface area contributed by atoms with Crippen molar-refractivity contribution in [3.63, 3.8) is 0 Å². The first kappa shape index (κ1) is 18.5. The second-order valence-electron chi connectivity index (χ2n) is 6.75. The third-order valence-corrected chi connectivity index (χ3v) is 4.83. The Morgan fingerprint density at radius 2 is 1.89 bits per heavy atom. The molecule has 28 heavy (non-hydrogen) atoms. The molecule has 0 radical (unpaired) electrons. The molecule has 1 aliphatic heterocycles. The lowest BCUT2D eigenvalue weighted by Gasteiger charge is -2.29. The van der Waals surface area contributed by atoms with Crippen molar-refractivity contribution in [2.45, 2.75) is 13.1 Å². The molecule has 1 saturated heterocycles. The van der Waals surface area contributed by atoms with E-state index in [1.54, 1.807) is 18.2 Å². The number of hydrogen-bond donors (Lipinski definition) is 1. The number of aromatic amines is 1. The molecule has 0 aliphatic carbocycles. The summed E-state index contributed by atoms with van der Waals surface area (Å²) in [7, 11) is 0. The highest BCUT2D eigenvalue weighted by Crippen LogP contribution is 2.35. The van der Waals surface area contributed by atoms with E-state index in [9.17, 15) is 18.0 Å². The van der Waals surface area contributed by atoms with E-state index in [2.05, 4.69) is 9.97 Å². The summed E-state index contributed by atoms with van der Waals surface area (Å²) in [5.41, 5.74) is 0.754. The summed E-state index contributed by atoms with van der Waals surface area (Å²) in [5, 5.41) is 0.407. The van der Waals surface area contributed by atoms with Crippen molar-refractivity contribution in [2.75, 3.05) is 31.2 Å². The SMILES string of the molecule is Cc1cccc2c(=O)[nH]c(-c3cc(N4CCOCC4)cc(C(F)(F)F)c3)nc12. The first-order valence-corrected chi connectivity index (χ1v) is 8.88. The lowest BCUT2D eigenvalue weighted by atomic mass is 10.1. The lowest BCUT2D eigenvalue weighted by molar-refractivity contribution is -0.137. The zero-order valence-corrected chi connectivity index (χ0v) is 15.1. The Bertz CT molecular complexity index is 1090. The van der Waals surface area contributed by atoms with E-state index < -0.39 is 11.7 Å². The second kappa shape index (κ2) is 6.94. The molecule has 0 amide bonds. The first-order valence-electron chi connectivity index (χ1n) is 8.88. The van der Waals surface area contributed by atoms with Gasteiger partial charge in [-0.2, -0.15) is 13.2 Å². The molecule has 3 aromatic rings. The largest absolute Gasteiger partial charge is 0.416 e. The fourth-order valence-corrected chi connectivity index (χ4v) is 3.36. The Morgan fingerprint density at radius 1 is 1.14 bits per heavy atom. The van der Waals surface area contributed by atoms with Crippen molar-refractivity contribution in [3.8, 4) is 11.4 Å². The zero-order valence-electron chi connectivity index (χ0n) is 15.1. The molecule has 0 atom stereocenters. The maximum absolute atomic E-state index is 13.5. The zero-order chi connectivity index (χ0) is 19.9. The van der Waals surface area contributed by atoms with E-state index >= 15 is 0 Å². The van der Waals surface area contributed by atoms with Gasteiger partial charge in [-0.15, -0.1) is 0 Å². The normalized spacial score (nSPS) is 15.2. The van der Waals surface area contributed by atoms with Crippen LogP contribution in [0.1, 0.15) is 11.1 Å². The number of aromatic nitrogens is 2. The van der Waals surface area contributed by atoms with Crippen LogP contribution in [-0.2, 0) is 10.9 Å². The third-order valence-electron chi connectivity index (χ3n) is 4.83. The number of morpholine rings is 1. The maximum Gasteiger partial charge on any atom is 0.416 e. The quantitative estimate of drug-likeness (QED) is 0.725. The molecular weight excluding hydrogens is 371 g/mol. The Morgan fingerprint density at radius 3 is 2.61 bits per heavy atom. The van der Waals surface area contributed by atoms with Gasteiger partial charge in [0, 0.05) is 24.3 Å². The molecule has 2 heterocycles. The van der Waals surface area contributed by atoms with E-state index in [-0.39, 0.29) is 16.9 Å². The van der Waals surface area contributed by atoms with Crippen LogP contribution in [-0.4, -0.2) is 36.3 Å². The van der Waals surface area contributed by atoms with Gasteiger partial charge in [0.05, 0.1) is 29.7 Å². The number of nitrogens with zero attached hydrogens (tertiary/aromatic N) is 2. The summed E-state index contributed by atoms with van der Waals surface area (Å²) in [6.07, 6.45) is -4.51. The number of ether oxygens (including phenoxy) is 1. The summed E-state index contributed by atoms with van der Waals surface area (Å²) in [6, 6.07) is 8.97. The molecule has 0 bridgehead atoms. The van der Waals surface area contributed by atoms with Crippen molar-refractivity contribution in [3.05, 3.63) is 57.9 Å². The van der Waals surface area contributed by atoms with Crippen molar-refractivity contribution < 1.29 is 17.9 Å². The number of hydrogen-bond acceptors (Lipinski definition) is 4. The minimum Gasteiger partial charge on any atom is -0.378 e. The number of halogens is 3. The predicted molar refractivity (Wildman–Crippen MR) is 101 cm³/mol. The minimum atomic E-state index is -4.51. The molecule has 8 heteroatoms. The van der Waals surface area contributed by atoms with Gasteiger partial charge >= 0.3 is 6.18 Å². The van der Waals surface area contributed by atoms with Gasteiger partial charge in [-0.25, -0.2) is 4.98 Å². The average molecular weight is 389 g/mol. The van der Waals surface area contributed by atoms with Gasteiger partial charge in [0.2, 0.25) is 0 Å². The Labute approximate surface area is 158 Å². The van der Waals surface area contributed by atoms with Gasteiger partial charge < -0.3 is 14.6 Å². The van der Waals surface area contributed by atoms with Crippen LogP contribution in [0, 0.1) is 6.92 Å². The highest BCUT2D eigenvalue weighted by atomic mass is 19.4. The summed E-state index contributed by atoms with van der Waals surface area (Å²) >= 11 is 0. The molecule has 5 nitrogen and oxygen atoms in total. The number of aryl methyl sites for hydroxylation is 1. The Balaban J connectivity index is 1.90. The van der Waals surface area contributed by atoms with Crippen molar-refractivity contribution in [1.82, 2.24) is 9.97 Å². The monoisotopic (exact) mass is 389 g/mol. The van der Waals surface area contributed by atoms with E-state index in [0.29, 0.717) is 42.9 Å². The fraction of sp³-hybridized carbons (Fsp3) is 0.300. The second-order valence-corrected chi connectivity index (χ2v) is 6.75. The predicted octanol–water partition coefficient (Wildman–Crippen LogP) is 3.75. The number of benzene rings is 2. The lowest BCUT2D eigenvalue weighted by Crippen LogP contribution is -2.36. The van der Waals surface area contributed by atoms with E-state index in [1.165, 1.54) is 0 Å².